The number of hydrogen-bond donors (Lipinski definition) is 1. The molecule has 1 N–H and O–H groups in total. The standard InChI is InChI=1S/C18H33N3/c1-4-9-20-18(2,14-19)8-5-10-21(3)13-17-12-15-6-7-16(17)11-15/h15-17,20H,4-13H2,1-3H3. The van der Waals surface area contributed by atoms with Crippen LogP contribution < -0.4 is 5.32 Å². The van der Waals surface area contributed by atoms with Crippen LogP contribution in [0, 0.1) is 29.1 Å². The topological polar surface area (TPSA) is 39.1 Å². The zero-order chi connectivity index (χ0) is 15.3. The highest BCUT2D eigenvalue weighted by Crippen LogP contribution is 2.48. The summed E-state index contributed by atoms with van der Waals surface area (Å²) in [5.74, 6) is 3.02. The molecular formula is C18H33N3. The lowest BCUT2D eigenvalue weighted by Crippen LogP contribution is -2.42. The fraction of sp³-hybridized carbons (Fsp3) is 0.944. The van der Waals surface area contributed by atoms with Crippen molar-refractivity contribution in [3.05, 3.63) is 0 Å². The summed E-state index contributed by atoms with van der Waals surface area (Å²) in [4.78, 5) is 2.50. The van der Waals surface area contributed by atoms with Gasteiger partial charge in [0.1, 0.15) is 5.54 Å². The molecule has 3 heteroatoms. The average molecular weight is 291 g/mol. The van der Waals surface area contributed by atoms with Gasteiger partial charge in [0.25, 0.3) is 0 Å². The van der Waals surface area contributed by atoms with E-state index >= 15 is 0 Å². The highest BCUT2D eigenvalue weighted by Gasteiger charge is 2.39. The van der Waals surface area contributed by atoms with Crippen LogP contribution in [0.5, 0.6) is 0 Å². The molecule has 0 aromatic heterocycles. The summed E-state index contributed by atoms with van der Waals surface area (Å²) >= 11 is 0. The summed E-state index contributed by atoms with van der Waals surface area (Å²) in [6.45, 7) is 7.52. The van der Waals surface area contributed by atoms with E-state index in [9.17, 15) is 5.26 Å². The first-order chi connectivity index (χ1) is 10.1. The van der Waals surface area contributed by atoms with Gasteiger partial charge in [0.05, 0.1) is 6.07 Å². The third-order valence-corrected chi connectivity index (χ3v) is 5.66. The first-order valence-corrected chi connectivity index (χ1v) is 8.91. The van der Waals surface area contributed by atoms with Gasteiger partial charge in [0.2, 0.25) is 0 Å². The molecule has 0 spiro atoms. The van der Waals surface area contributed by atoms with Gasteiger partial charge in [-0.2, -0.15) is 5.26 Å². The normalized spacial score (nSPS) is 30.5. The van der Waals surface area contributed by atoms with Gasteiger partial charge in [-0.15, -0.1) is 0 Å². The molecule has 2 aliphatic rings. The predicted octanol–water partition coefficient (Wildman–Crippen LogP) is 3.42. The number of nitrogens with one attached hydrogen (secondary N) is 1. The van der Waals surface area contributed by atoms with Crippen LogP contribution in [0.4, 0.5) is 0 Å². The molecule has 0 saturated heterocycles. The maximum atomic E-state index is 9.35. The largest absolute Gasteiger partial charge is 0.306 e. The van der Waals surface area contributed by atoms with Crippen molar-refractivity contribution < 1.29 is 0 Å². The number of nitriles is 1. The second-order valence-electron chi connectivity index (χ2n) is 7.67. The van der Waals surface area contributed by atoms with Crippen molar-refractivity contribution in [3.63, 3.8) is 0 Å². The molecule has 0 aliphatic heterocycles. The monoisotopic (exact) mass is 291 g/mol. The van der Waals surface area contributed by atoms with E-state index in [-0.39, 0.29) is 5.54 Å². The van der Waals surface area contributed by atoms with Gasteiger partial charge in [0, 0.05) is 6.54 Å². The van der Waals surface area contributed by atoms with E-state index in [4.69, 9.17) is 0 Å². The Kier molecular flexibility index (Phi) is 6.08. The van der Waals surface area contributed by atoms with Crippen LogP contribution in [-0.2, 0) is 0 Å². The van der Waals surface area contributed by atoms with E-state index in [2.05, 4.69) is 30.3 Å². The van der Waals surface area contributed by atoms with Gasteiger partial charge >= 0.3 is 0 Å². The molecule has 0 aromatic carbocycles. The van der Waals surface area contributed by atoms with E-state index in [0.29, 0.717) is 0 Å². The zero-order valence-corrected chi connectivity index (χ0v) is 14.2. The first kappa shape index (κ1) is 16.8. The molecule has 4 unspecified atom stereocenters. The van der Waals surface area contributed by atoms with Crippen LogP contribution in [0.2, 0.25) is 0 Å². The Morgan fingerprint density at radius 1 is 1.33 bits per heavy atom. The second-order valence-corrected chi connectivity index (χ2v) is 7.67. The average Bonchev–Trinajstić information content (AvgIpc) is 3.07. The Labute approximate surface area is 131 Å². The van der Waals surface area contributed by atoms with Crippen LogP contribution in [0.25, 0.3) is 0 Å². The van der Waals surface area contributed by atoms with Gasteiger partial charge in [0.15, 0.2) is 0 Å². The Morgan fingerprint density at radius 3 is 2.71 bits per heavy atom. The van der Waals surface area contributed by atoms with Crippen molar-refractivity contribution in [2.24, 2.45) is 17.8 Å². The molecule has 0 amide bonds. The fourth-order valence-corrected chi connectivity index (χ4v) is 4.38. The molecule has 120 valence electrons. The minimum Gasteiger partial charge on any atom is -0.306 e. The molecule has 2 aliphatic carbocycles. The Bertz CT molecular complexity index is 362. The molecule has 0 heterocycles. The number of rotatable bonds is 9. The molecule has 2 fully saturated rings. The van der Waals surface area contributed by atoms with Crippen molar-refractivity contribution in [2.75, 3.05) is 26.7 Å². The highest BCUT2D eigenvalue weighted by molar-refractivity contribution is 5.03. The molecule has 3 nitrogen and oxygen atoms in total. The van der Waals surface area contributed by atoms with Crippen molar-refractivity contribution in [1.82, 2.24) is 10.2 Å². The minimum atomic E-state index is -0.344. The Balaban J connectivity index is 1.64. The van der Waals surface area contributed by atoms with Gasteiger partial charge in [-0.05, 0) is 83.3 Å². The van der Waals surface area contributed by atoms with Crippen LogP contribution in [0.3, 0.4) is 0 Å². The molecule has 0 aromatic rings. The molecule has 2 bridgehead atoms. The molecular weight excluding hydrogens is 258 g/mol. The quantitative estimate of drug-likeness (QED) is 0.707. The number of fused-ring (bicyclic) bond motifs is 2. The summed E-state index contributed by atoms with van der Waals surface area (Å²) < 4.78 is 0. The lowest BCUT2D eigenvalue weighted by Gasteiger charge is -2.28. The SMILES string of the molecule is CCCNC(C)(C#N)CCCN(C)CC1CC2CCC1C2. The molecule has 2 saturated carbocycles. The third-order valence-electron chi connectivity index (χ3n) is 5.66. The summed E-state index contributed by atoms with van der Waals surface area (Å²) in [6.07, 6.45) is 9.10. The molecule has 4 atom stereocenters. The summed E-state index contributed by atoms with van der Waals surface area (Å²) in [7, 11) is 2.26. The van der Waals surface area contributed by atoms with Crippen LogP contribution in [-0.4, -0.2) is 37.1 Å². The van der Waals surface area contributed by atoms with Crippen molar-refractivity contribution in [1.29, 1.82) is 5.26 Å². The smallest absolute Gasteiger partial charge is 0.103 e. The number of hydrogen-bond acceptors (Lipinski definition) is 3. The third kappa shape index (κ3) is 4.69. The highest BCUT2D eigenvalue weighted by atomic mass is 15.1. The minimum absolute atomic E-state index is 0.344. The van der Waals surface area contributed by atoms with Crippen LogP contribution >= 0.6 is 0 Å². The Morgan fingerprint density at radius 2 is 2.14 bits per heavy atom. The summed E-state index contributed by atoms with van der Waals surface area (Å²) in [5, 5.41) is 12.7. The zero-order valence-electron chi connectivity index (χ0n) is 14.2. The van der Waals surface area contributed by atoms with Crippen molar-refractivity contribution in [2.45, 2.75) is 64.3 Å². The lowest BCUT2D eigenvalue weighted by molar-refractivity contribution is 0.213. The second kappa shape index (κ2) is 7.61. The molecule has 21 heavy (non-hydrogen) atoms. The summed E-state index contributed by atoms with van der Waals surface area (Å²) in [5.41, 5.74) is -0.344. The van der Waals surface area contributed by atoms with E-state index in [0.717, 1.165) is 50.1 Å². The molecule has 0 radical (unpaired) electrons. The van der Waals surface area contributed by atoms with E-state index in [1.54, 1.807) is 0 Å². The van der Waals surface area contributed by atoms with E-state index in [1.807, 2.05) is 6.92 Å². The first-order valence-electron chi connectivity index (χ1n) is 8.91. The van der Waals surface area contributed by atoms with Gasteiger partial charge in [-0.25, -0.2) is 0 Å². The van der Waals surface area contributed by atoms with Crippen LogP contribution in [0.15, 0.2) is 0 Å². The molecule has 2 rings (SSSR count). The predicted molar refractivity (Wildman–Crippen MR) is 88.0 cm³/mol. The summed E-state index contributed by atoms with van der Waals surface area (Å²) in [6, 6.07) is 2.45. The maximum Gasteiger partial charge on any atom is 0.103 e. The lowest BCUT2D eigenvalue weighted by atomic mass is 9.88. The van der Waals surface area contributed by atoms with E-state index in [1.165, 1.54) is 32.2 Å². The van der Waals surface area contributed by atoms with Crippen molar-refractivity contribution in [3.8, 4) is 6.07 Å². The Hall–Kier alpha value is -0.590. The van der Waals surface area contributed by atoms with Crippen LogP contribution in [0.1, 0.15) is 58.8 Å². The fourth-order valence-electron chi connectivity index (χ4n) is 4.38. The van der Waals surface area contributed by atoms with E-state index < -0.39 is 0 Å². The van der Waals surface area contributed by atoms with Gasteiger partial charge < -0.3 is 4.90 Å². The van der Waals surface area contributed by atoms with Gasteiger partial charge in [-0.1, -0.05) is 13.3 Å². The van der Waals surface area contributed by atoms with Gasteiger partial charge in [-0.3, -0.25) is 5.32 Å². The van der Waals surface area contributed by atoms with Crippen molar-refractivity contribution >= 4 is 0 Å². The maximum absolute atomic E-state index is 9.35. The number of nitrogens with zero attached hydrogens (tertiary/aromatic N) is 2.